The quantitative estimate of drug-likeness (QED) is 0.280. The number of amides is 2. The molecule has 1 unspecified atom stereocenters. The molecule has 2 aliphatic carbocycles. The smallest absolute Gasteiger partial charge is 0.286 e. The minimum Gasteiger partial charge on any atom is -0.490 e. The molecule has 1 spiro atoms. The third kappa shape index (κ3) is 8.93. The first-order valence-electron chi connectivity index (χ1n) is 21.0. The van der Waals surface area contributed by atoms with Crippen molar-refractivity contribution < 1.29 is 28.0 Å². The van der Waals surface area contributed by atoms with E-state index in [2.05, 4.69) is 67.3 Å². The zero-order valence-electron chi connectivity index (χ0n) is 34.9. The van der Waals surface area contributed by atoms with Crippen LogP contribution in [0.25, 0.3) is 0 Å². The van der Waals surface area contributed by atoms with Gasteiger partial charge in [0.15, 0.2) is 0 Å². The van der Waals surface area contributed by atoms with E-state index < -0.39 is 21.7 Å². The molecule has 13 nitrogen and oxygen atoms in total. The lowest BCUT2D eigenvalue weighted by atomic mass is 9.68. The summed E-state index contributed by atoms with van der Waals surface area (Å²) in [5.74, 6) is -0.140. The summed E-state index contributed by atoms with van der Waals surface area (Å²) in [6.07, 6.45) is 11.4. The lowest BCUT2D eigenvalue weighted by Crippen LogP contribution is -2.58. The van der Waals surface area contributed by atoms with Crippen LogP contribution in [0.1, 0.15) is 70.9 Å². The number of benzene rings is 2. The zero-order valence-corrected chi connectivity index (χ0v) is 36.5. The highest BCUT2D eigenvalue weighted by Crippen LogP contribution is 2.47. The lowest BCUT2D eigenvalue weighted by molar-refractivity contribution is -0.0337. The van der Waals surface area contributed by atoms with Gasteiger partial charge in [0.05, 0.1) is 37.9 Å². The highest BCUT2D eigenvalue weighted by atomic mass is 35.5. The largest absolute Gasteiger partial charge is 0.490 e. The summed E-state index contributed by atoms with van der Waals surface area (Å²) in [6, 6.07) is 12.2. The third-order valence-corrected chi connectivity index (χ3v) is 15.3. The van der Waals surface area contributed by atoms with E-state index in [0.717, 1.165) is 69.0 Å². The molecule has 318 valence electrons. The van der Waals surface area contributed by atoms with Crippen molar-refractivity contribution >= 4 is 39.0 Å². The Morgan fingerprint density at radius 2 is 1.98 bits per heavy atom. The molecule has 4 heterocycles. The molecule has 2 amide bonds. The van der Waals surface area contributed by atoms with Crippen molar-refractivity contribution in [1.82, 2.24) is 24.3 Å². The molecule has 2 bridgehead atoms. The summed E-state index contributed by atoms with van der Waals surface area (Å²) in [5.41, 5.74) is 3.43. The van der Waals surface area contributed by atoms with Gasteiger partial charge in [0.25, 0.3) is 11.8 Å². The average Bonchev–Trinajstić information content (AvgIpc) is 3.48. The van der Waals surface area contributed by atoms with Gasteiger partial charge in [-0.05, 0) is 112 Å². The number of rotatable bonds is 8. The van der Waals surface area contributed by atoms with Crippen LogP contribution in [0.5, 0.6) is 11.6 Å². The van der Waals surface area contributed by atoms with Crippen LogP contribution in [-0.4, -0.2) is 121 Å². The van der Waals surface area contributed by atoms with Gasteiger partial charge in [-0.15, -0.1) is 9.46 Å². The highest BCUT2D eigenvalue weighted by molar-refractivity contribution is 7.92. The number of carbonyl (C=O) groups is 2. The number of anilines is 1. The summed E-state index contributed by atoms with van der Waals surface area (Å²) in [7, 11) is 3.72. The van der Waals surface area contributed by atoms with Crippen molar-refractivity contribution in [1.29, 1.82) is 0 Å². The molecule has 59 heavy (non-hydrogen) atoms. The Bertz CT molecular complexity index is 2210. The van der Waals surface area contributed by atoms with E-state index in [9.17, 15) is 13.8 Å². The SMILES string of the molecule is COc1nn(C)cc1C(=O)NS1(=O)=NC(=O)c2ccc3c(c2)N(C[C@@H]2CC[C@H]2[C@@H](OCCN2CC(N(C)C)C2)/C=C/C[C@H](C)C1)C[C@@]1(CCCc2cc(Cl)ccc21)CO3. The number of fused-ring (bicyclic) bond motifs is 4. The maximum atomic E-state index is 14.8. The van der Waals surface area contributed by atoms with E-state index in [1.54, 1.807) is 13.1 Å². The molecule has 2 fully saturated rings. The van der Waals surface area contributed by atoms with Crippen molar-refractivity contribution in [2.45, 2.75) is 63.0 Å². The van der Waals surface area contributed by atoms with E-state index in [1.807, 2.05) is 25.1 Å². The van der Waals surface area contributed by atoms with E-state index in [0.29, 0.717) is 49.8 Å². The predicted octanol–water partition coefficient (Wildman–Crippen LogP) is 5.76. The standard InChI is InChI=1S/C44H58ClN7O6S/c1-29-8-6-10-39(57-19-18-51-23-34(24-51)49(2)3)35-14-11-32(35)22-52-27-44(17-7-9-30-20-33(45)13-15-37(30)44)28-58-40-16-12-31(21-38(40)52)41(53)47-59(55,26-29)48-42(54)36-25-50(4)46-43(36)56-5/h6,10,12-13,15-16,20-21,25,29,32,34-35,39H,7-9,11,14,17-19,22-24,26-28H2,1-5H3,(H,47,48,53,54,55)/b10-6+/t29-,32-,35+,39-,44-,59?/m0/s1. The van der Waals surface area contributed by atoms with Gasteiger partial charge in [0.1, 0.15) is 21.2 Å². The number of nitrogens with zero attached hydrogens (tertiary/aromatic N) is 6. The Kier molecular flexibility index (Phi) is 12.2. The number of aromatic nitrogens is 2. The van der Waals surface area contributed by atoms with Gasteiger partial charge in [-0.1, -0.05) is 36.7 Å². The fourth-order valence-corrected chi connectivity index (χ4v) is 11.7. The van der Waals surface area contributed by atoms with Gasteiger partial charge < -0.3 is 24.0 Å². The second-order valence-corrected chi connectivity index (χ2v) is 20.1. The molecule has 1 saturated heterocycles. The second-order valence-electron chi connectivity index (χ2n) is 17.6. The number of nitrogens with one attached hydrogen (secondary N) is 1. The van der Waals surface area contributed by atoms with Crippen molar-refractivity contribution in [3.8, 4) is 11.6 Å². The topological polar surface area (TPSA) is 131 Å². The maximum absolute atomic E-state index is 14.8. The van der Waals surface area contributed by atoms with Crippen molar-refractivity contribution in [3.63, 3.8) is 0 Å². The van der Waals surface area contributed by atoms with Crippen LogP contribution in [-0.2, 0) is 33.5 Å². The minimum absolute atomic E-state index is 0.0386. The van der Waals surface area contributed by atoms with Gasteiger partial charge in [-0.2, -0.15) is 0 Å². The fourth-order valence-electron chi connectivity index (χ4n) is 9.64. The number of aryl methyl sites for hydroxylation is 2. The summed E-state index contributed by atoms with van der Waals surface area (Å²) in [4.78, 5) is 35.0. The molecule has 6 atom stereocenters. The van der Waals surface area contributed by atoms with Gasteiger partial charge in [-0.25, -0.2) is 4.21 Å². The number of allylic oxidation sites excluding steroid dienone is 1. The van der Waals surface area contributed by atoms with Crippen LogP contribution >= 0.6 is 11.6 Å². The monoisotopic (exact) mass is 847 g/mol. The number of methoxy groups -OCH3 is 1. The van der Waals surface area contributed by atoms with Crippen LogP contribution in [0.2, 0.25) is 5.02 Å². The van der Waals surface area contributed by atoms with Crippen LogP contribution in [0.3, 0.4) is 0 Å². The summed E-state index contributed by atoms with van der Waals surface area (Å²) < 4.78 is 42.1. The zero-order chi connectivity index (χ0) is 41.5. The van der Waals surface area contributed by atoms with Crippen molar-refractivity contribution in [2.24, 2.45) is 29.2 Å². The molecule has 3 aliphatic heterocycles. The van der Waals surface area contributed by atoms with E-state index in [-0.39, 0.29) is 40.2 Å². The number of hydrogen-bond acceptors (Lipinski definition) is 10. The van der Waals surface area contributed by atoms with Crippen LogP contribution in [0, 0.1) is 17.8 Å². The molecule has 1 aromatic heterocycles. The lowest BCUT2D eigenvalue weighted by Gasteiger charge is -2.46. The molecule has 1 N–H and O–H groups in total. The van der Waals surface area contributed by atoms with Crippen LogP contribution in [0.4, 0.5) is 5.69 Å². The molecule has 15 heteroatoms. The number of halogens is 1. The molecular weight excluding hydrogens is 790 g/mol. The minimum atomic E-state index is -3.63. The first kappa shape index (κ1) is 41.8. The van der Waals surface area contributed by atoms with Gasteiger partial charge in [0, 0.05) is 68.0 Å². The first-order valence-corrected chi connectivity index (χ1v) is 23.0. The Morgan fingerprint density at radius 1 is 1.15 bits per heavy atom. The average molecular weight is 849 g/mol. The Morgan fingerprint density at radius 3 is 2.75 bits per heavy atom. The molecule has 0 radical (unpaired) electrons. The van der Waals surface area contributed by atoms with Crippen molar-refractivity contribution in [2.75, 3.05) is 77.8 Å². The first-order chi connectivity index (χ1) is 28.3. The predicted molar refractivity (Wildman–Crippen MR) is 230 cm³/mol. The molecule has 5 aliphatic rings. The second kappa shape index (κ2) is 17.2. The normalized spacial score (nSPS) is 29.3. The molecule has 1 saturated carbocycles. The summed E-state index contributed by atoms with van der Waals surface area (Å²) in [5, 5.41) is 4.92. The van der Waals surface area contributed by atoms with E-state index >= 15 is 0 Å². The van der Waals surface area contributed by atoms with E-state index in [1.165, 1.54) is 29.1 Å². The highest BCUT2D eigenvalue weighted by Gasteiger charge is 2.45. The van der Waals surface area contributed by atoms with Crippen molar-refractivity contribution in [3.05, 3.63) is 82.0 Å². The van der Waals surface area contributed by atoms with Gasteiger partial charge in [0.2, 0.25) is 5.88 Å². The van der Waals surface area contributed by atoms with E-state index in [4.69, 9.17) is 25.8 Å². The summed E-state index contributed by atoms with van der Waals surface area (Å²) >= 11 is 6.52. The molecule has 3 aromatic rings. The summed E-state index contributed by atoms with van der Waals surface area (Å²) in [6.45, 7) is 7.54. The maximum Gasteiger partial charge on any atom is 0.286 e. The number of likely N-dealkylation sites (N-methyl/N-ethyl adjacent to an activating group) is 1. The Balaban J connectivity index is 1.15. The number of carbonyl (C=O) groups excluding carboxylic acids is 2. The molecular formula is C44H58ClN7O6S. The number of hydrogen-bond donors (Lipinski definition) is 1. The third-order valence-electron chi connectivity index (χ3n) is 13.1. The van der Waals surface area contributed by atoms with Crippen LogP contribution < -0.4 is 19.1 Å². The fraction of sp³-hybridized carbons (Fsp3) is 0.568. The molecule has 8 rings (SSSR count). The molecule has 2 aromatic carbocycles. The number of likely N-dealkylation sites (tertiary alicyclic amines) is 1. The Hall–Kier alpha value is -3.95. The van der Waals surface area contributed by atoms with Gasteiger partial charge >= 0.3 is 0 Å². The number of ether oxygens (including phenoxy) is 3. The Labute approximate surface area is 353 Å². The van der Waals surface area contributed by atoms with Gasteiger partial charge in [-0.3, -0.25) is 23.9 Å². The van der Waals surface area contributed by atoms with Crippen LogP contribution in [0.15, 0.2) is 59.1 Å².